The maximum absolute atomic E-state index is 12.6. The summed E-state index contributed by atoms with van der Waals surface area (Å²) in [6, 6.07) is 7.32. The fourth-order valence-corrected chi connectivity index (χ4v) is 2.59. The molecular formula is C18H26N2O4. The molecule has 1 aliphatic heterocycles. The monoisotopic (exact) mass is 334 g/mol. The van der Waals surface area contributed by atoms with Gasteiger partial charge in [0, 0.05) is 38.3 Å². The SMILES string of the molecule is CC(C)(C)OC(=O)N1CCN(C(=O)c2cccc(CCO)c2)CC1. The molecule has 1 N–H and O–H groups in total. The van der Waals surface area contributed by atoms with Gasteiger partial charge in [0.2, 0.25) is 0 Å². The average Bonchev–Trinajstić information content (AvgIpc) is 2.53. The molecule has 0 aromatic heterocycles. The van der Waals surface area contributed by atoms with E-state index >= 15 is 0 Å². The molecule has 0 unspecified atom stereocenters. The number of aliphatic hydroxyl groups excluding tert-OH is 1. The Morgan fingerprint density at radius 3 is 2.33 bits per heavy atom. The van der Waals surface area contributed by atoms with Crippen LogP contribution in [-0.4, -0.2) is 65.3 Å². The molecule has 0 spiro atoms. The molecule has 132 valence electrons. The smallest absolute Gasteiger partial charge is 0.410 e. The van der Waals surface area contributed by atoms with Crippen molar-refractivity contribution in [1.29, 1.82) is 0 Å². The summed E-state index contributed by atoms with van der Waals surface area (Å²) in [7, 11) is 0. The lowest BCUT2D eigenvalue weighted by molar-refractivity contribution is 0.0141. The van der Waals surface area contributed by atoms with Gasteiger partial charge in [-0.15, -0.1) is 0 Å². The lowest BCUT2D eigenvalue weighted by atomic mass is 10.1. The highest BCUT2D eigenvalue weighted by Gasteiger charge is 2.28. The molecule has 0 bridgehead atoms. The van der Waals surface area contributed by atoms with Gasteiger partial charge in [-0.2, -0.15) is 0 Å². The molecule has 24 heavy (non-hydrogen) atoms. The van der Waals surface area contributed by atoms with Crippen LogP contribution in [0.3, 0.4) is 0 Å². The second-order valence-corrected chi connectivity index (χ2v) is 6.93. The summed E-state index contributed by atoms with van der Waals surface area (Å²) in [6.07, 6.45) is 0.202. The fourth-order valence-electron chi connectivity index (χ4n) is 2.59. The molecule has 6 heteroatoms. The molecule has 0 atom stereocenters. The van der Waals surface area contributed by atoms with Crippen molar-refractivity contribution in [3.8, 4) is 0 Å². The molecule has 1 fully saturated rings. The molecule has 0 aliphatic carbocycles. The molecule has 1 aliphatic rings. The minimum atomic E-state index is -0.517. The largest absolute Gasteiger partial charge is 0.444 e. The van der Waals surface area contributed by atoms with Crippen LogP contribution in [-0.2, 0) is 11.2 Å². The third-order valence-electron chi connectivity index (χ3n) is 3.79. The van der Waals surface area contributed by atoms with Crippen LogP contribution in [0, 0.1) is 0 Å². The third kappa shape index (κ3) is 4.96. The number of ether oxygens (including phenoxy) is 1. The van der Waals surface area contributed by atoms with E-state index in [1.54, 1.807) is 15.9 Å². The molecule has 0 saturated carbocycles. The normalized spacial score (nSPS) is 15.3. The van der Waals surface area contributed by atoms with Gasteiger partial charge in [-0.1, -0.05) is 12.1 Å². The van der Waals surface area contributed by atoms with E-state index < -0.39 is 5.60 Å². The first kappa shape index (κ1) is 18.3. The number of nitrogens with zero attached hydrogens (tertiary/aromatic N) is 2. The van der Waals surface area contributed by atoms with Crippen molar-refractivity contribution in [2.45, 2.75) is 32.8 Å². The summed E-state index contributed by atoms with van der Waals surface area (Å²) in [5, 5.41) is 9.01. The average molecular weight is 334 g/mol. The lowest BCUT2D eigenvalue weighted by Crippen LogP contribution is -2.51. The molecule has 1 saturated heterocycles. The van der Waals surface area contributed by atoms with E-state index in [9.17, 15) is 9.59 Å². The fraction of sp³-hybridized carbons (Fsp3) is 0.556. The van der Waals surface area contributed by atoms with Gasteiger partial charge >= 0.3 is 6.09 Å². The first-order chi connectivity index (χ1) is 11.3. The van der Waals surface area contributed by atoms with Gasteiger partial charge in [-0.3, -0.25) is 4.79 Å². The van der Waals surface area contributed by atoms with Crippen LogP contribution in [0.2, 0.25) is 0 Å². The minimum absolute atomic E-state index is 0.0429. The van der Waals surface area contributed by atoms with Gasteiger partial charge in [-0.05, 0) is 44.9 Å². The summed E-state index contributed by atoms with van der Waals surface area (Å²) in [5.74, 6) is -0.0429. The van der Waals surface area contributed by atoms with Crippen LogP contribution in [0.5, 0.6) is 0 Å². The number of amides is 2. The topological polar surface area (TPSA) is 70.1 Å². The number of hydrogen-bond acceptors (Lipinski definition) is 4. The standard InChI is InChI=1S/C18H26N2O4/c1-18(2,3)24-17(23)20-10-8-19(9-11-20)16(22)15-6-4-5-14(13-15)7-12-21/h4-6,13,21H,7-12H2,1-3H3. The number of carbonyl (C=O) groups is 2. The Morgan fingerprint density at radius 1 is 1.12 bits per heavy atom. The van der Waals surface area contributed by atoms with Crippen molar-refractivity contribution < 1.29 is 19.4 Å². The Hall–Kier alpha value is -2.08. The van der Waals surface area contributed by atoms with Crippen LogP contribution in [0.25, 0.3) is 0 Å². The van der Waals surface area contributed by atoms with Gasteiger partial charge in [0.1, 0.15) is 5.60 Å². The summed E-state index contributed by atoms with van der Waals surface area (Å²) >= 11 is 0. The van der Waals surface area contributed by atoms with Crippen molar-refractivity contribution in [2.75, 3.05) is 32.8 Å². The Bertz CT molecular complexity index is 587. The van der Waals surface area contributed by atoms with Crippen molar-refractivity contribution in [3.05, 3.63) is 35.4 Å². The predicted octanol–water partition coefficient (Wildman–Crippen LogP) is 1.91. The van der Waals surface area contributed by atoms with E-state index in [1.807, 2.05) is 39.0 Å². The number of rotatable bonds is 3. The molecule has 2 amide bonds. The molecule has 1 heterocycles. The van der Waals surface area contributed by atoms with E-state index in [4.69, 9.17) is 9.84 Å². The number of carbonyl (C=O) groups excluding carboxylic acids is 2. The van der Waals surface area contributed by atoms with Crippen LogP contribution < -0.4 is 0 Å². The van der Waals surface area contributed by atoms with Gasteiger partial charge in [0.25, 0.3) is 5.91 Å². The zero-order valence-electron chi connectivity index (χ0n) is 14.6. The summed E-state index contributed by atoms with van der Waals surface area (Å²) in [5.41, 5.74) is 1.04. The van der Waals surface area contributed by atoms with Crippen LogP contribution in [0.1, 0.15) is 36.7 Å². The molecule has 1 aromatic rings. The highest BCUT2D eigenvalue weighted by molar-refractivity contribution is 5.94. The lowest BCUT2D eigenvalue weighted by Gasteiger charge is -2.35. The van der Waals surface area contributed by atoms with Crippen LogP contribution in [0.15, 0.2) is 24.3 Å². The van der Waals surface area contributed by atoms with Crippen molar-refractivity contribution >= 4 is 12.0 Å². The van der Waals surface area contributed by atoms with Crippen LogP contribution in [0.4, 0.5) is 4.79 Å². The number of aliphatic hydroxyl groups is 1. The second kappa shape index (κ2) is 7.66. The summed E-state index contributed by atoms with van der Waals surface area (Å²) in [4.78, 5) is 28.0. The maximum Gasteiger partial charge on any atom is 0.410 e. The zero-order valence-corrected chi connectivity index (χ0v) is 14.6. The van der Waals surface area contributed by atoms with Gasteiger partial charge in [0.05, 0.1) is 0 Å². The van der Waals surface area contributed by atoms with Crippen molar-refractivity contribution in [3.63, 3.8) is 0 Å². The van der Waals surface area contributed by atoms with Gasteiger partial charge in [-0.25, -0.2) is 4.79 Å². The van der Waals surface area contributed by atoms with E-state index in [-0.39, 0.29) is 18.6 Å². The second-order valence-electron chi connectivity index (χ2n) is 6.93. The molecule has 0 radical (unpaired) electrons. The minimum Gasteiger partial charge on any atom is -0.444 e. The number of benzene rings is 1. The van der Waals surface area contributed by atoms with Gasteiger partial charge < -0.3 is 19.6 Å². The van der Waals surface area contributed by atoms with E-state index in [0.717, 1.165) is 5.56 Å². The first-order valence-electron chi connectivity index (χ1n) is 8.27. The van der Waals surface area contributed by atoms with E-state index in [0.29, 0.717) is 38.2 Å². The highest BCUT2D eigenvalue weighted by Crippen LogP contribution is 2.14. The molecule has 1 aromatic carbocycles. The zero-order chi connectivity index (χ0) is 17.7. The number of piperazine rings is 1. The van der Waals surface area contributed by atoms with E-state index in [1.165, 1.54) is 0 Å². The maximum atomic E-state index is 12.6. The Morgan fingerprint density at radius 2 is 1.75 bits per heavy atom. The predicted molar refractivity (Wildman–Crippen MR) is 90.9 cm³/mol. The Balaban J connectivity index is 1.93. The Labute approximate surface area is 143 Å². The third-order valence-corrected chi connectivity index (χ3v) is 3.79. The summed E-state index contributed by atoms with van der Waals surface area (Å²) < 4.78 is 5.36. The van der Waals surface area contributed by atoms with E-state index in [2.05, 4.69) is 0 Å². The van der Waals surface area contributed by atoms with Gasteiger partial charge in [0.15, 0.2) is 0 Å². The first-order valence-corrected chi connectivity index (χ1v) is 8.27. The van der Waals surface area contributed by atoms with Crippen molar-refractivity contribution in [2.24, 2.45) is 0 Å². The quantitative estimate of drug-likeness (QED) is 0.917. The summed E-state index contributed by atoms with van der Waals surface area (Å²) in [6.45, 7) is 7.49. The highest BCUT2D eigenvalue weighted by atomic mass is 16.6. The van der Waals surface area contributed by atoms with Crippen LogP contribution >= 0.6 is 0 Å². The Kier molecular flexibility index (Phi) is 5.83. The van der Waals surface area contributed by atoms with Crippen molar-refractivity contribution in [1.82, 2.24) is 9.80 Å². The molecular weight excluding hydrogens is 308 g/mol. The number of hydrogen-bond donors (Lipinski definition) is 1. The molecule has 6 nitrogen and oxygen atoms in total. The molecule has 2 rings (SSSR count).